The van der Waals surface area contributed by atoms with E-state index in [-0.39, 0.29) is 17.1 Å². The zero-order chi connectivity index (χ0) is 16.2. The van der Waals surface area contributed by atoms with Gasteiger partial charge < -0.3 is 15.4 Å². The molecule has 0 radical (unpaired) electrons. The van der Waals surface area contributed by atoms with Crippen LogP contribution in [0, 0.1) is 11.2 Å². The quantitative estimate of drug-likeness (QED) is 0.835. The first-order valence-corrected chi connectivity index (χ1v) is 8.29. The molecule has 1 saturated heterocycles. The van der Waals surface area contributed by atoms with Crippen molar-refractivity contribution in [2.24, 2.45) is 5.41 Å². The van der Waals surface area contributed by atoms with Gasteiger partial charge in [-0.1, -0.05) is 6.92 Å². The van der Waals surface area contributed by atoms with Gasteiger partial charge in [-0.2, -0.15) is 0 Å². The first-order valence-electron chi connectivity index (χ1n) is 7.50. The molecule has 1 unspecified atom stereocenters. The van der Waals surface area contributed by atoms with Crippen molar-refractivity contribution in [1.82, 2.24) is 10.6 Å². The van der Waals surface area contributed by atoms with Crippen molar-refractivity contribution in [1.29, 1.82) is 0 Å². The fourth-order valence-electron chi connectivity index (χ4n) is 2.47. The maximum atomic E-state index is 13.0. The average molecular weight is 373 g/mol. The highest BCUT2D eigenvalue weighted by molar-refractivity contribution is 9.10. The lowest BCUT2D eigenvalue weighted by Gasteiger charge is -2.34. The summed E-state index contributed by atoms with van der Waals surface area (Å²) in [6.45, 7) is 6.50. The van der Waals surface area contributed by atoms with Crippen molar-refractivity contribution in [2.75, 3.05) is 19.6 Å². The lowest BCUT2D eigenvalue weighted by Crippen LogP contribution is -2.45. The van der Waals surface area contributed by atoms with Crippen LogP contribution < -0.4 is 15.4 Å². The molecule has 122 valence electrons. The zero-order valence-electron chi connectivity index (χ0n) is 12.9. The molecule has 1 aliphatic heterocycles. The van der Waals surface area contributed by atoms with Crippen LogP contribution in [0.1, 0.15) is 26.7 Å². The second kappa shape index (κ2) is 7.42. The Morgan fingerprint density at radius 2 is 2.18 bits per heavy atom. The van der Waals surface area contributed by atoms with E-state index in [0.717, 1.165) is 25.9 Å². The minimum absolute atomic E-state index is 0.136. The number of carbonyl (C=O) groups excluding carboxylic acids is 1. The molecule has 22 heavy (non-hydrogen) atoms. The van der Waals surface area contributed by atoms with E-state index in [1.54, 1.807) is 6.92 Å². The second-order valence-electron chi connectivity index (χ2n) is 6.11. The molecule has 1 aliphatic rings. The summed E-state index contributed by atoms with van der Waals surface area (Å²) in [5.41, 5.74) is 0.136. The Hall–Kier alpha value is -1.14. The largest absolute Gasteiger partial charge is 0.480 e. The average Bonchev–Trinajstić information content (AvgIpc) is 2.48. The Balaban J connectivity index is 1.86. The third-order valence-corrected chi connectivity index (χ3v) is 4.69. The third-order valence-electron chi connectivity index (χ3n) is 4.07. The molecule has 0 saturated carbocycles. The Morgan fingerprint density at radius 3 is 2.82 bits per heavy atom. The second-order valence-corrected chi connectivity index (χ2v) is 6.97. The molecule has 2 rings (SSSR count). The number of rotatable bonds is 5. The number of amides is 1. The minimum atomic E-state index is -0.632. The van der Waals surface area contributed by atoms with Gasteiger partial charge in [0.1, 0.15) is 11.6 Å². The van der Waals surface area contributed by atoms with E-state index in [9.17, 15) is 9.18 Å². The van der Waals surface area contributed by atoms with Crippen molar-refractivity contribution < 1.29 is 13.9 Å². The third kappa shape index (κ3) is 4.68. The molecule has 2 N–H and O–H groups in total. The Morgan fingerprint density at radius 1 is 1.50 bits per heavy atom. The van der Waals surface area contributed by atoms with Crippen LogP contribution in [0.15, 0.2) is 22.7 Å². The number of benzene rings is 1. The van der Waals surface area contributed by atoms with Crippen molar-refractivity contribution in [3.8, 4) is 5.75 Å². The monoisotopic (exact) mass is 372 g/mol. The smallest absolute Gasteiger partial charge is 0.260 e. The fourth-order valence-corrected chi connectivity index (χ4v) is 2.91. The van der Waals surface area contributed by atoms with Gasteiger partial charge in [0.2, 0.25) is 0 Å². The van der Waals surface area contributed by atoms with Gasteiger partial charge >= 0.3 is 0 Å². The molecule has 0 bridgehead atoms. The van der Waals surface area contributed by atoms with Crippen LogP contribution in [0.4, 0.5) is 4.39 Å². The maximum absolute atomic E-state index is 13.0. The predicted octanol–water partition coefficient (Wildman–Crippen LogP) is 2.86. The lowest BCUT2D eigenvalue weighted by atomic mass is 9.81. The first-order chi connectivity index (χ1) is 10.4. The molecule has 4 nitrogen and oxygen atoms in total. The summed E-state index contributed by atoms with van der Waals surface area (Å²) in [6.07, 6.45) is 1.46. The highest BCUT2D eigenvalue weighted by Crippen LogP contribution is 2.28. The molecular formula is C16H22BrFN2O2. The van der Waals surface area contributed by atoms with Crippen LogP contribution in [0.2, 0.25) is 0 Å². The van der Waals surface area contributed by atoms with Crippen LogP contribution >= 0.6 is 15.9 Å². The summed E-state index contributed by atoms with van der Waals surface area (Å²) in [7, 11) is 0. The van der Waals surface area contributed by atoms with Crippen molar-refractivity contribution >= 4 is 21.8 Å². The van der Waals surface area contributed by atoms with Crippen molar-refractivity contribution in [2.45, 2.75) is 32.8 Å². The number of ether oxygens (including phenoxy) is 1. The Kier molecular flexibility index (Phi) is 5.81. The van der Waals surface area contributed by atoms with Gasteiger partial charge in [-0.05, 0) is 72.4 Å². The molecule has 1 amide bonds. The van der Waals surface area contributed by atoms with Crippen LogP contribution in [-0.4, -0.2) is 31.6 Å². The van der Waals surface area contributed by atoms with Gasteiger partial charge in [-0.3, -0.25) is 4.79 Å². The molecule has 1 heterocycles. The SMILES string of the molecule is CC(Oc1ccc(F)cc1Br)C(=O)NCC1(C)CCNCC1. The van der Waals surface area contributed by atoms with Crippen molar-refractivity contribution in [3.05, 3.63) is 28.5 Å². The van der Waals surface area contributed by atoms with Crippen LogP contribution in [0.5, 0.6) is 5.75 Å². The van der Waals surface area contributed by atoms with Crippen LogP contribution in [-0.2, 0) is 4.79 Å². The summed E-state index contributed by atoms with van der Waals surface area (Å²) < 4.78 is 19.1. The van der Waals surface area contributed by atoms with E-state index < -0.39 is 6.10 Å². The molecular weight excluding hydrogens is 351 g/mol. The molecule has 0 aliphatic carbocycles. The van der Waals surface area contributed by atoms with Gasteiger partial charge in [0.15, 0.2) is 6.10 Å². The van der Waals surface area contributed by atoms with E-state index in [1.165, 1.54) is 18.2 Å². The Labute approximate surface area is 138 Å². The van der Waals surface area contributed by atoms with E-state index >= 15 is 0 Å². The minimum Gasteiger partial charge on any atom is -0.480 e. The zero-order valence-corrected chi connectivity index (χ0v) is 14.5. The number of hydrogen-bond donors (Lipinski definition) is 2. The van der Waals surface area contributed by atoms with Gasteiger partial charge in [-0.25, -0.2) is 4.39 Å². The van der Waals surface area contributed by atoms with E-state index in [2.05, 4.69) is 33.5 Å². The maximum Gasteiger partial charge on any atom is 0.260 e. The highest BCUT2D eigenvalue weighted by Gasteiger charge is 2.28. The number of halogens is 2. The standard InChI is InChI=1S/C16H22BrFN2O2/c1-11(22-14-4-3-12(18)9-13(14)17)15(21)20-10-16(2)5-7-19-8-6-16/h3-4,9,11,19H,5-8,10H2,1-2H3,(H,20,21). The summed E-state index contributed by atoms with van der Waals surface area (Å²) in [5.74, 6) is -0.0525. The van der Waals surface area contributed by atoms with Crippen LogP contribution in [0.25, 0.3) is 0 Å². The summed E-state index contributed by atoms with van der Waals surface area (Å²) >= 11 is 3.23. The predicted molar refractivity (Wildman–Crippen MR) is 87.4 cm³/mol. The number of carbonyl (C=O) groups is 1. The number of nitrogens with one attached hydrogen (secondary N) is 2. The molecule has 0 aromatic heterocycles. The molecule has 1 aromatic carbocycles. The molecule has 6 heteroatoms. The van der Waals surface area contributed by atoms with Crippen molar-refractivity contribution in [3.63, 3.8) is 0 Å². The molecule has 1 fully saturated rings. The number of hydrogen-bond acceptors (Lipinski definition) is 3. The molecule has 1 aromatic rings. The highest BCUT2D eigenvalue weighted by atomic mass is 79.9. The lowest BCUT2D eigenvalue weighted by molar-refractivity contribution is -0.127. The topological polar surface area (TPSA) is 50.4 Å². The van der Waals surface area contributed by atoms with E-state index in [1.807, 2.05) is 0 Å². The van der Waals surface area contributed by atoms with Gasteiger partial charge in [0.05, 0.1) is 4.47 Å². The molecule has 1 atom stereocenters. The van der Waals surface area contributed by atoms with Crippen LogP contribution in [0.3, 0.4) is 0 Å². The fraction of sp³-hybridized carbons (Fsp3) is 0.562. The van der Waals surface area contributed by atoms with E-state index in [0.29, 0.717) is 16.8 Å². The number of piperidine rings is 1. The Bertz CT molecular complexity index is 533. The van der Waals surface area contributed by atoms with E-state index in [4.69, 9.17) is 4.74 Å². The summed E-state index contributed by atoms with van der Waals surface area (Å²) in [6, 6.07) is 4.13. The first kappa shape index (κ1) is 17.2. The normalized spacial score (nSPS) is 18.5. The van der Waals surface area contributed by atoms with Gasteiger partial charge in [-0.15, -0.1) is 0 Å². The van der Waals surface area contributed by atoms with Gasteiger partial charge in [0.25, 0.3) is 5.91 Å². The molecule has 0 spiro atoms. The van der Waals surface area contributed by atoms with Gasteiger partial charge in [0, 0.05) is 6.54 Å². The summed E-state index contributed by atoms with van der Waals surface area (Å²) in [4.78, 5) is 12.2. The summed E-state index contributed by atoms with van der Waals surface area (Å²) in [5, 5.41) is 6.28.